The molecule has 37 heavy (non-hydrogen) atoms. The van der Waals surface area contributed by atoms with Crippen LogP contribution in [0, 0.1) is 13.8 Å². The first-order chi connectivity index (χ1) is 18.0. The summed E-state index contributed by atoms with van der Waals surface area (Å²) in [6.07, 6.45) is 8.08. The number of hydrogen-bond donors (Lipinski definition) is 0. The van der Waals surface area contributed by atoms with E-state index in [1.54, 1.807) is 11.3 Å². The van der Waals surface area contributed by atoms with Gasteiger partial charge in [0, 0.05) is 21.9 Å². The molecular weight excluding hydrogens is 470 g/mol. The first-order valence-electron chi connectivity index (χ1n) is 12.4. The Bertz CT molecular complexity index is 1320. The Kier molecular flexibility index (Phi) is 8.90. The summed E-state index contributed by atoms with van der Waals surface area (Å²) >= 11 is 1.74. The van der Waals surface area contributed by atoms with E-state index in [-0.39, 0.29) is 0 Å². The van der Waals surface area contributed by atoms with E-state index in [9.17, 15) is 0 Å². The van der Waals surface area contributed by atoms with Gasteiger partial charge in [0.15, 0.2) is 0 Å². The van der Waals surface area contributed by atoms with Crippen LogP contribution in [0.5, 0.6) is 0 Å². The second-order valence-electron chi connectivity index (χ2n) is 8.84. The molecule has 3 aromatic carbocycles. The van der Waals surface area contributed by atoms with E-state index >= 15 is 0 Å². The van der Waals surface area contributed by atoms with E-state index in [4.69, 9.17) is 5.10 Å². The average molecular weight is 504 g/mol. The molecule has 3 nitrogen and oxygen atoms in total. The van der Waals surface area contributed by atoms with Gasteiger partial charge in [-0.3, -0.25) is 5.01 Å². The zero-order valence-corrected chi connectivity index (χ0v) is 22.5. The SMILES string of the molecule is C=C(\C=C/C(/C=N/N(Cc1cccs1)c1ccccc1)=C\C)N(c1ccc(C)cc1)c1ccc(C)cc1. The zero-order chi connectivity index (χ0) is 26.0. The van der Waals surface area contributed by atoms with Crippen LogP contribution in [0.2, 0.25) is 0 Å². The summed E-state index contributed by atoms with van der Waals surface area (Å²) in [5.41, 5.74) is 7.54. The molecule has 0 amide bonds. The monoisotopic (exact) mass is 503 g/mol. The van der Waals surface area contributed by atoms with Gasteiger partial charge in [-0.05, 0) is 80.3 Å². The summed E-state index contributed by atoms with van der Waals surface area (Å²) in [5.74, 6) is 0. The molecule has 0 radical (unpaired) electrons. The van der Waals surface area contributed by atoms with Crippen molar-refractivity contribution < 1.29 is 0 Å². The summed E-state index contributed by atoms with van der Waals surface area (Å²) in [7, 11) is 0. The molecule has 0 bridgehead atoms. The molecule has 1 heterocycles. The number of aryl methyl sites for hydroxylation is 2. The van der Waals surface area contributed by atoms with Gasteiger partial charge in [-0.25, -0.2) is 0 Å². The third kappa shape index (κ3) is 7.18. The van der Waals surface area contributed by atoms with Crippen LogP contribution in [-0.4, -0.2) is 6.21 Å². The second kappa shape index (κ2) is 12.7. The van der Waals surface area contributed by atoms with Gasteiger partial charge >= 0.3 is 0 Å². The normalized spacial score (nSPS) is 11.8. The fourth-order valence-electron chi connectivity index (χ4n) is 3.83. The number of nitrogens with zero attached hydrogens (tertiary/aromatic N) is 3. The first kappa shape index (κ1) is 25.9. The van der Waals surface area contributed by atoms with Crippen molar-refractivity contribution in [1.82, 2.24) is 0 Å². The summed E-state index contributed by atoms with van der Waals surface area (Å²) in [6, 6.07) is 31.5. The predicted molar refractivity (Wildman–Crippen MR) is 162 cm³/mol. The van der Waals surface area contributed by atoms with Gasteiger partial charge in [-0.1, -0.05) is 78.4 Å². The van der Waals surface area contributed by atoms with E-state index in [1.807, 2.05) is 42.4 Å². The maximum Gasteiger partial charge on any atom is 0.0759 e. The van der Waals surface area contributed by atoms with Gasteiger partial charge in [-0.15, -0.1) is 11.3 Å². The minimum Gasteiger partial charge on any atom is -0.311 e. The highest BCUT2D eigenvalue weighted by Gasteiger charge is 2.11. The number of rotatable bonds is 10. The standard InChI is InChI=1S/C33H33N3S/c1-5-29(24-34-35(25-33-12-9-23-37-33)30-10-7-6-8-11-30)18-17-28(4)36(31-19-13-26(2)14-20-31)32-21-15-27(3)16-22-32/h5-24H,4,25H2,1-3H3/b18-17-,29-5+,34-24+. The van der Waals surface area contributed by atoms with Crippen molar-refractivity contribution in [3.63, 3.8) is 0 Å². The van der Waals surface area contributed by atoms with E-state index in [0.29, 0.717) is 0 Å². The summed E-state index contributed by atoms with van der Waals surface area (Å²) < 4.78 is 0. The molecule has 0 saturated heterocycles. The molecule has 0 aliphatic carbocycles. The molecule has 0 aliphatic rings. The Balaban J connectivity index is 1.56. The predicted octanol–water partition coefficient (Wildman–Crippen LogP) is 9.21. The fourth-order valence-corrected chi connectivity index (χ4v) is 4.52. The molecule has 0 N–H and O–H groups in total. The molecular formula is C33H33N3S. The number of hydrazone groups is 1. The molecule has 1 aromatic heterocycles. The molecule has 4 rings (SSSR count). The molecule has 4 aromatic rings. The topological polar surface area (TPSA) is 18.8 Å². The summed E-state index contributed by atoms with van der Waals surface area (Å²) in [4.78, 5) is 3.44. The number of anilines is 3. The van der Waals surface area contributed by atoms with Gasteiger partial charge in [0.05, 0.1) is 18.4 Å². The quantitative estimate of drug-likeness (QED) is 0.122. The van der Waals surface area contributed by atoms with Crippen molar-refractivity contribution in [3.8, 4) is 0 Å². The van der Waals surface area contributed by atoms with Crippen LogP contribution in [-0.2, 0) is 6.54 Å². The minimum atomic E-state index is 0.722. The Hall–Kier alpha value is -4.15. The van der Waals surface area contributed by atoms with E-state index in [1.165, 1.54) is 16.0 Å². The average Bonchev–Trinajstić information content (AvgIpc) is 3.44. The first-order valence-corrected chi connectivity index (χ1v) is 13.3. The third-order valence-corrected chi connectivity index (χ3v) is 6.82. The molecule has 186 valence electrons. The summed E-state index contributed by atoms with van der Waals surface area (Å²) in [5, 5.41) is 8.98. The molecule has 0 unspecified atom stereocenters. The molecule has 0 saturated carbocycles. The van der Waals surface area contributed by atoms with Crippen LogP contribution < -0.4 is 9.91 Å². The maximum absolute atomic E-state index is 4.85. The second-order valence-corrected chi connectivity index (χ2v) is 9.87. The van der Waals surface area contributed by atoms with Gasteiger partial charge in [0.1, 0.15) is 0 Å². The number of allylic oxidation sites excluding steroid dienone is 4. The number of thiophene rings is 1. The lowest BCUT2D eigenvalue weighted by Crippen LogP contribution is -2.15. The lowest BCUT2D eigenvalue weighted by atomic mass is 10.1. The van der Waals surface area contributed by atoms with Gasteiger partial charge < -0.3 is 4.90 Å². The Morgan fingerprint density at radius 2 is 1.41 bits per heavy atom. The van der Waals surface area contributed by atoms with Crippen LogP contribution in [0.1, 0.15) is 22.9 Å². The van der Waals surface area contributed by atoms with Crippen molar-refractivity contribution in [1.29, 1.82) is 0 Å². The highest BCUT2D eigenvalue weighted by molar-refractivity contribution is 7.09. The van der Waals surface area contributed by atoms with Crippen LogP contribution >= 0.6 is 11.3 Å². The minimum absolute atomic E-state index is 0.722. The largest absolute Gasteiger partial charge is 0.311 e. The van der Waals surface area contributed by atoms with Gasteiger partial charge in [0.25, 0.3) is 0 Å². The summed E-state index contributed by atoms with van der Waals surface area (Å²) in [6.45, 7) is 11.4. The smallest absolute Gasteiger partial charge is 0.0759 e. The number of benzene rings is 3. The molecule has 4 heteroatoms. The van der Waals surface area contributed by atoms with E-state index in [0.717, 1.165) is 34.9 Å². The highest BCUT2D eigenvalue weighted by atomic mass is 32.1. The maximum atomic E-state index is 4.85. The van der Waals surface area contributed by atoms with Crippen LogP contribution in [0.3, 0.4) is 0 Å². The highest BCUT2D eigenvalue weighted by Crippen LogP contribution is 2.30. The molecule has 0 atom stereocenters. The van der Waals surface area contributed by atoms with Crippen molar-refractivity contribution in [2.24, 2.45) is 5.10 Å². The lowest BCUT2D eigenvalue weighted by Gasteiger charge is -2.26. The third-order valence-electron chi connectivity index (χ3n) is 5.96. The molecule has 0 aliphatic heterocycles. The Morgan fingerprint density at radius 1 is 0.784 bits per heavy atom. The Morgan fingerprint density at radius 3 is 1.95 bits per heavy atom. The molecule has 0 fully saturated rings. The Labute approximate surface area is 225 Å². The van der Waals surface area contributed by atoms with Gasteiger partial charge in [0.2, 0.25) is 0 Å². The van der Waals surface area contributed by atoms with Crippen LogP contribution in [0.15, 0.2) is 138 Å². The number of hydrogen-bond acceptors (Lipinski definition) is 4. The van der Waals surface area contributed by atoms with Crippen LogP contribution in [0.25, 0.3) is 0 Å². The number of para-hydroxylation sites is 1. The van der Waals surface area contributed by atoms with Gasteiger partial charge in [-0.2, -0.15) is 5.10 Å². The molecule has 0 spiro atoms. The van der Waals surface area contributed by atoms with Crippen molar-refractivity contribution in [2.45, 2.75) is 27.3 Å². The van der Waals surface area contributed by atoms with Crippen molar-refractivity contribution in [3.05, 3.63) is 148 Å². The van der Waals surface area contributed by atoms with Crippen LogP contribution in [0.4, 0.5) is 17.1 Å². The van der Waals surface area contributed by atoms with Crippen molar-refractivity contribution >= 4 is 34.6 Å². The lowest BCUT2D eigenvalue weighted by molar-refractivity contribution is 0.871. The zero-order valence-electron chi connectivity index (χ0n) is 21.7. The fraction of sp³-hybridized carbons (Fsp3) is 0.121. The van der Waals surface area contributed by atoms with E-state index in [2.05, 4.69) is 116 Å². The van der Waals surface area contributed by atoms with E-state index < -0.39 is 0 Å². The van der Waals surface area contributed by atoms with Crippen molar-refractivity contribution in [2.75, 3.05) is 9.91 Å².